The van der Waals surface area contributed by atoms with Crippen molar-refractivity contribution >= 4 is 22.5 Å². The minimum absolute atomic E-state index is 0.0741. The maximum Gasteiger partial charge on any atom is 0.260 e. The topological polar surface area (TPSA) is 47.4 Å². The van der Waals surface area contributed by atoms with Crippen LogP contribution in [0.1, 0.15) is 15.9 Å². The maximum absolute atomic E-state index is 13.2. The number of nitrogens with zero attached hydrogens (tertiary/aromatic N) is 3. The molecule has 5 heteroatoms. The van der Waals surface area contributed by atoms with E-state index in [1.807, 2.05) is 54.7 Å². The van der Waals surface area contributed by atoms with E-state index in [2.05, 4.69) is 21.7 Å². The number of methoxy groups -OCH3 is 1. The molecule has 2 aromatic carbocycles. The lowest BCUT2D eigenvalue weighted by molar-refractivity contribution is 0.0994. The molecule has 0 atom stereocenters. The first-order chi connectivity index (χ1) is 13.7. The smallest absolute Gasteiger partial charge is 0.260 e. The number of aromatic nitrogens is 2. The summed E-state index contributed by atoms with van der Waals surface area (Å²) in [6.07, 6.45) is 3.58. The lowest BCUT2D eigenvalue weighted by Crippen LogP contribution is -2.26. The summed E-state index contributed by atoms with van der Waals surface area (Å²) >= 11 is 0. The molecule has 0 saturated carbocycles. The van der Waals surface area contributed by atoms with Gasteiger partial charge in [0.15, 0.2) is 0 Å². The molecule has 0 saturated heterocycles. The van der Waals surface area contributed by atoms with E-state index in [4.69, 9.17) is 4.74 Å². The van der Waals surface area contributed by atoms with Gasteiger partial charge in [-0.1, -0.05) is 48.5 Å². The van der Waals surface area contributed by atoms with Crippen molar-refractivity contribution in [3.8, 4) is 5.88 Å². The van der Waals surface area contributed by atoms with Gasteiger partial charge in [-0.15, -0.1) is 0 Å². The third kappa shape index (κ3) is 3.34. The van der Waals surface area contributed by atoms with Gasteiger partial charge in [-0.3, -0.25) is 4.79 Å². The zero-order valence-electron chi connectivity index (χ0n) is 15.9. The van der Waals surface area contributed by atoms with Crippen molar-refractivity contribution in [2.45, 2.75) is 6.54 Å². The van der Waals surface area contributed by atoms with Crippen molar-refractivity contribution in [1.82, 2.24) is 9.55 Å². The minimum atomic E-state index is -0.0741. The molecule has 0 unspecified atom stereocenters. The van der Waals surface area contributed by atoms with Gasteiger partial charge in [0.1, 0.15) is 0 Å². The summed E-state index contributed by atoms with van der Waals surface area (Å²) in [7, 11) is 3.33. The number of hydrogen-bond acceptors (Lipinski definition) is 3. The number of amides is 1. The summed E-state index contributed by atoms with van der Waals surface area (Å²) in [5.74, 6) is 0.444. The first-order valence-corrected chi connectivity index (χ1v) is 9.07. The highest BCUT2D eigenvalue weighted by Crippen LogP contribution is 2.25. The van der Waals surface area contributed by atoms with E-state index in [0.717, 1.165) is 10.9 Å². The highest BCUT2D eigenvalue weighted by molar-refractivity contribution is 6.13. The lowest BCUT2D eigenvalue weighted by Gasteiger charge is -2.16. The van der Waals surface area contributed by atoms with Gasteiger partial charge in [-0.25, -0.2) is 4.98 Å². The molecule has 0 fully saturated rings. The fourth-order valence-corrected chi connectivity index (χ4v) is 3.32. The second-order valence-corrected chi connectivity index (χ2v) is 6.60. The van der Waals surface area contributed by atoms with Crippen LogP contribution < -0.4 is 9.64 Å². The summed E-state index contributed by atoms with van der Waals surface area (Å²) in [5.41, 5.74) is 3.61. The molecule has 0 aliphatic rings. The quantitative estimate of drug-likeness (QED) is 0.523. The molecule has 1 amide bonds. The van der Waals surface area contributed by atoms with Gasteiger partial charge in [0, 0.05) is 36.8 Å². The van der Waals surface area contributed by atoms with E-state index in [0.29, 0.717) is 23.7 Å². The van der Waals surface area contributed by atoms with Crippen LogP contribution in [0.4, 0.5) is 5.69 Å². The second-order valence-electron chi connectivity index (χ2n) is 6.60. The van der Waals surface area contributed by atoms with E-state index in [9.17, 15) is 4.79 Å². The maximum atomic E-state index is 13.2. The normalized spacial score (nSPS) is 10.8. The number of ether oxygens (including phenoxy) is 1. The van der Waals surface area contributed by atoms with Gasteiger partial charge in [0.05, 0.1) is 24.6 Å². The van der Waals surface area contributed by atoms with Crippen LogP contribution in [-0.4, -0.2) is 29.6 Å². The molecule has 28 heavy (non-hydrogen) atoms. The van der Waals surface area contributed by atoms with Crippen LogP contribution in [0.2, 0.25) is 0 Å². The van der Waals surface area contributed by atoms with Crippen LogP contribution in [0.15, 0.2) is 79.1 Å². The largest absolute Gasteiger partial charge is 0.481 e. The lowest BCUT2D eigenvalue weighted by atomic mass is 10.1. The number of rotatable bonds is 5. The Hall–Kier alpha value is -3.60. The van der Waals surface area contributed by atoms with Crippen LogP contribution >= 0.6 is 0 Å². The molecule has 0 N–H and O–H groups in total. The Labute approximate surface area is 163 Å². The van der Waals surface area contributed by atoms with Gasteiger partial charge in [0.25, 0.3) is 5.91 Å². The number of carbonyl (C=O) groups is 1. The Morgan fingerprint density at radius 3 is 2.50 bits per heavy atom. The number of carbonyl (C=O) groups excluding carboxylic acids is 1. The van der Waals surface area contributed by atoms with Gasteiger partial charge in [0.2, 0.25) is 5.88 Å². The number of para-hydroxylation sites is 1. The van der Waals surface area contributed by atoms with Crippen molar-refractivity contribution in [2.24, 2.45) is 0 Å². The van der Waals surface area contributed by atoms with Crippen LogP contribution in [0, 0.1) is 0 Å². The average molecular weight is 371 g/mol. The predicted molar refractivity (Wildman–Crippen MR) is 111 cm³/mol. The van der Waals surface area contributed by atoms with E-state index < -0.39 is 0 Å². The predicted octanol–water partition coefficient (Wildman–Crippen LogP) is 4.37. The van der Waals surface area contributed by atoms with E-state index in [-0.39, 0.29) is 5.91 Å². The minimum Gasteiger partial charge on any atom is -0.481 e. The van der Waals surface area contributed by atoms with Crippen LogP contribution in [0.25, 0.3) is 10.9 Å². The Morgan fingerprint density at radius 2 is 1.79 bits per heavy atom. The van der Waals surface area contributed by atoms with Crippen LogP contribution in [-0.2, 0) is 6.54 Å². The number of hydrogen-bond donors (Lipinski definition) is 0. The molecule has 0 radical (unpaired) electrons. The third-order valence-electron chi connectivity index (χ3n) is 4.84. The molecule has 5 nitrogen and oxygen atoms in total. The van der Waals surface area contributed by atoms with Crippen molar-refractivity contribution in [2.75, 3.05) is 19.1 Å². The van der Waals surface area contributed by atoms with Crippen molar-refractivity contribution < 1.29 is 9.53 Å². The fourth-order valence-electron chi connectivity index (χ4n) is 3.32. The highest BCUT2D eigenvalue weighted by atomic mass is 16.5. The molecule has 0 spiro atoms. The molecule has 4 rings (SSSR count). The van der Waals surface area contributed by atoms with Gasteiger partial charge >= 0.3 is 0 Å². The van der Waals surface area contributed by atoms with Crippen molar-refractivity contribution in [3.05, 3.63) is 90.3 Å². The number of benzene rings is 2. The molecule has 140 valence electrons. The number of anilines is 1. The molecular weight excluding hydrogens is 350 g/mol. The second kappa shape index (κ2) is 7.56. The molecule has 0 bridgehead atoms. The SMILES string of the molecule is COc1ccc(N(C)C(=O)c2cn(Cc3ccccc3)c3ccccc23)cn1. The molecular formula is C23H21N3O2. The first kappa shape index (κ1) is 17.8. The monoisotopic (exact) mass is 371 g/mol. The van der Waals surface area contributed by atoms with E-state index >= 15 is 0 Å². The Bertz CT molecular complexity index is 1100. The highest BCUT2D eigenvalue weighted by Gasteiger charge is 2.20. The summed E-state index contributed by atoms with van der Waals surface area (Å²) in [5, 5.41) is 0.941. The van der Waals surface area contributed by atoms with Gasteiger partial charge in [-0.2, -0.15) is 0 Å². The Kier molecular flexibility index (Phi) is 4.81. The fraction of sp³-hybridized carbons (Fsp3) is 0.130. The third-order valence-corrected chi connectivity index (χ3v) is 4.84. The van der Waals surface area contributed by atoms with Gasteiger partial charge in [-0.05, 0) is 17.7 Å². The molecule has 0 aliphatic heterocycles. The Balaban J connectivity index is 1.70. The molecule has 0 aliphatic carbocycles. The zero-order chi connectivity index (χ0) is 19.5. The summed E-state index contributed by atoms with van der Waals surface area (Å²) < 4.78 is 7.22. The van der Waals surface area contributed by atoms with E-state index in [1.165, 1.54) is 5.56 Å². The number of pyridine rings is 1. The average Bonchev–Trinajstić information content (AvgIpc) is 3.12. The standard InChI is InChI=1S/C23H21N3O2/c1-25(18-12-13-22(28-2)24-14-18)23(27)20-16-26(15-17-8-4-3-5-9-17)21-11-7-6-10-19(20)21/h3-14,16H,15H2,1-2H3. The number of fused-ring (bicyclic) bond motifs is 1. The summed E-state index contributed by atoms with van der Waals surface area (Å²) in [6.45, 7) is 0.711. The van der Waals surface area contributed by atoms with Crippen LogP contribution in [0.5, 0.6) is 5.88 Å². The molecule has 2 heterocycles. The summed E-state index contributed by atoms with van der Waals surface area (Å²) in [4.78, 5) is 19.0. The van der Waals surface area contributed by atoms with E-state index in [1.54, 1.807) is 31.3 Å². The van der Waals surface area contributed by atoms with Gasteiger partial charge < -0.3 is 14.2 Å². The van der Waals surface area contributed by atoms with Crippen molar-refractivity contribution in [3.63, 3.8) is 0 Å². The molecule has 4 aromatic rings. The first-order valence-electron chi connectivity index (χ1n) is 9.07. The summed E-state index contributed by atoms with van der Waals surface area (Å²) in [6, 6.07) is 21.8. The zero-order valence-corrected chi connectivity index (χ0v) is 15.9. The Morgan fingerprint density at radius 1 is 1.04 bits per heavy atom. The van der Waals surface area contributed by atoms with Crippen molar-refractivity contribution in [1.29, 1.82) is 0 Å². The van der Waals surface area contributed by atoms with Crippen LogP contribution in [0.3, 0.4) is 0 Å². The molecule has 2 aromatic heterocycles.